The second-order valence-electron chi connectivity index (χ2n) is 19.1. The molecule has 0 saturated carbocycles. The van der Waals surface area contributed by atoms with Gasteiger partial charge >= 0.3 is 59.7 Å². The molecule has 0 aromatic heterocycles. The molecule has 3 saturated heterocycles. The van der Waals surface area contributed by atoms with Gasteiger partial charge in [-0.2, -0.15) is 0 Å². The van der Waals surface area contributed by atoms with Crippen molar-refractivity contribution in [3.8, 4) is 0 Å². The lowest BCUT2D eigenvalue weighted by molar-refractivity contribution is -0.380. The summed E-state index contributed by atoms with van der Waals surface area (Å²) in [7, 11) is 1.16. The van der Waals surface area contributed by atoms with Crippen molar-refractivity contribution in [2.75, 3.05) is 26.9 Å². The Morgan fingerprint density at radius 3 is 0.918 bits per heavy atom. The van der Waals surface area contributed by atoms with Crippen molar-refractivity contribution in [3.63, 3.8) is 0 Å². The van der Waals surface area contributed by atoms with E-state index in [1.165, 1.54) is 72.8 Å². The molecule has 26 nitrogen and oxygen atoms in total. The summed E-state index contributed by atoms with van der Waals surface area (Å²) in [6, 6.07) is 30.1. The van der Waals surface area contributed by atoms with Gasteiger partial charge in [-0.3, -0.25) is 28.8 Å². The average Bonchev–Trinajstić information content (AvgIpc) is 3.64. The van der Waals surface area contributed by atoms with Crippen LogP contribution in [-0.2, 0) is 105 Å². The summed E-state index contributed by atoms with van der Waals surface area (Å²) in [5.74, 6) is -9.83. The maximum absolute atomic E-state index is 14.5. The monoisotopic (exact) mass is 1190 g/mol. The van der Waals surface area contributed by atoms with E-state index >= 15 is 0 Å². The summed E-state index contributed by atoms with van der Waals surface area (Å²) in [5.41, 5.74) is -0.0824. The SMILES string of the molecule is CO[C@@H]1O[C@H](COC(C)=O)[C@@H](OC(C)=O)[C@H](O[C@@H]2O[C@H](COC(C)=O)[C@@H](OC(C)=O)[C@H](O[C@@H]3O[C@H](COC(=O)c4ccccc4)[C@@H](OC(=O)c4ccccc4)[C@H](OC(=O)c4ccccc4)[C@H]3OC(=O)c3ccccc3)[C@H]2OC(C)=O)[C@H]1OC(C)=O. The zero-order chi connectivity index (χ0) is 61.3. The molecule has 0 unspecified atom stereocenters. The Kier molecular flexibility index (Phi) is 22.7. The van der Waals surface area contributed by atoms with E-state index in [1.54, 1.807) is 48.5 Å². The Labute approximate surface area is 486 Å². The first-order valence-electron chi connectivity index (χ1n) is 26.5. The van der Waals surface area contributed by atoms with Crippen LogP contribution >= 0.6 is 0 Å². The van der Waals surface area contributed by atoms with Gasteiger partial charge in [0, 0.05) is 48.7 Å². The van der Waals surface area contributed by atoms with Crippen molar-refractivity contribution in [2.24, 2.45) is 0 Å². The van der Waals surface area contributed by atoms with Crippen molar-refractivity contribution >= 4 is 59.7 Å². The van der Waals surface area contributed by atoms with E-state index in [2.05, 4.69) is 0 Å². The first kappa shape index (κ1) is 63.9. The zero-order valence-electron chi connectivity index (χ0n) is 46.9. The van der Waals surface area contributed by atoms with Gasteiger partial charge in [-0.25, -0.2) is 19.2 Å². The predicted molar refractivity (Wildman–Crippen MR) is 282 cm³/mol. The normalized spacial score (nSPS) is 27.0. The topological polar surface area (TPSA) is 318 Å². The highest BCUT2D eigenvalue weighted by Crippen LogP contribution is 2.39. The van der Waals surface area contributed by atoms with Crippen LogP contribution in [0.1, 0.15) is 83.0 Å². The van der Waals surface area contributed by atoms with Gasteiger partial charge in [-0.1, -0.05) is 72.8 Å². The number of rotatable bonds is 22. The summed E-state index contributed by atoms with van der Waals surface area (Å²) < 4.78 is 96.4. The Hall–Kier alpha value is -8.66. The molecule has 3 aliphatic rings. The number of hydrogen-bond acceptors (Lipinski definition) is 26. The molecule has 85 heavy (non-hydrogen) atoms. The minimum Gasteiger partial charge on any atom is -0.463 e. The molecular formula is C59H62O26. The molecule has 3 aliphatic heterocycles. The summed E-state index contributed by atoms with van der Waals surface area (Å²) in [6.07, 6.45) is -28.1. The second-order valence-corrected chi connectivity index (χ2v) is 19.1. The third-order valence-electron chi connectivity index (χ3n) is 12.8. The lowest BCUT2D eigenvalue weighted by Gasteiger charge is -2.50. The molecule has 4 aromatic rings. The molecule has 0 aliphatic carbocycles. The quantitative estimate of drug-likeness (QED) is 0.0794. The number of carbonyl (C=O) groups is 10. The van der Waals surface area contributed by atoms with E-state index in [-0.39, 0.29) is 22.3 Å². The van der Waals surface area contributed by atoms with Crippen LogP contribution in [0.15, 0.2) is 121 Å². The molecule has 0 bridgehead atoms. The van der Waals surface area contributed by atoms with Crippen LogP contribution in [0.2, 0.25) is 0 Å². The molecule has 0 N–H and O–H groups in total. The molecule has 26 heteroatoms. The Balaban J connectivity index is 1.43. The molecular weight excluding hydrogens is 1120 g/mol. The van der Waals surface area contributed by atoms with Crippen molar-refractivity contribution < 1.29 is 124 Å². The van der Waals surface area contributed by atoms with Crippen molar-refractivity contribution in [3.05, 3.63) is 144 Å². The lowest BCUT2D eigenvalue weighted by atomic mass is 9.95. The largest absolute Gasteiger partial charge is 0.463 e. The van der Waals surface area contributed by atoms with E-state index in [1.807, 2.05) is 0 Å². The number of ether oxygens (including phenoxy) is 16. The summed E-state index contributed by atoms with van der Waals surface area (Å²) >= 11 is 0. The minimum absolute atomic E-state index is 0.0154. The Morgan fingerprint density at radius 2 is 0.576 bits per heavy atom. The number of carbonyl (C=O) groups excluding carboxylic acids is 10. The van der Waals surface area contributed by atoms with E-state index in [9.17, 15) is 47.9 Å². The van der Waals surface area contributed by atoms with Crippen LogP contribution in [0.4, 0.5) is 0 Å². The summed E-state index contributed by atoms with van der Waals surface area (Å²) in [6.45, 7) is 3.87. The number of esters is 10. The fraction of sp³-hybridized carbons (Fsp3) is 0.424. The summed E-state index contributed by atoms with van der Waals surface area (Å²) in [5, 5.41) is 0. The average molecular weight is 1190 g/mol. The number of methoxy groups -OCH3 is 1. The molecule has 0 radical (unpaired) electrons. The highest BCUT2D eigenvalue weighted by molar-refractivity contribution is 5.91. The van der Waals surface area contributed by atoms with Crippen LogP contribution in [0.25, 0.3) is 0 Å². The van der Waals surface area contributed by atoms with E-state index in [4.69, 9.17) is 75.8 Å². The fourth-order valence-electron chi connectivity index (χ4n) is 9.28. The summed E-state index contributed by atoms with van der Waals surface area (Å²) in [4.78, 5) is 134. The molecule has 454 valence electrons. The van der Waals surface area contributed by atoms with Gasteiger partial charge in [0.05, 0.1) is 22.3 Å². The Bertz CT molecular complexity index is 2960. The van der Waals surface area contributed by atoms with Crippen LogP contribution in [-0.4, -0.2) is 179 Å². The van der Waals surface area contributed by atoms with E-state index in [0.717, 1.165) is 48.7 Å². The molecule has 3 fully saturated rings. The van der Waals surface area contributed by atoms with Gasteiger partial charge < -0.3 is 75.8 Å². The van der Waals surface area contributed by atoms with Gasteiger partial charge in [0.25, 0.3) is 0 Å². The minimum atomic E-state index is -2.21. The molecule has 0 spiro atoms. The fourth-order valence-corrected chi connectivity index (χ4v) is 9.28. The molecule has 3 heterocycles. The van der Waals surface area contributed by atoms with E-state index in [0.29, 0.717) is 0 Å². The van der Waals surface area contributed by atoms with Crippen LogP contribution < -0.4 is 0 Å². The van der Waals surface area contributed by atoms with Crippen molar-refractivity contribution in [1.29, 1.82) is 0 Å². The molecule has 15 atom stereocenters. The molecule has 7 rings (SSSR count). The van der Waals surface area contributed by atoms with E-state index < -0.39 is 172 Å². The van der Waals surface area contributed by atoms with Gasteiger partial charge in [-0.05, 0) is 48.5 Å². The second kappa shape index (κ2) is 30.2. The highest BCUT2D eigenvalue weighted by Gasteiger charge is 2.60. The van der Waals surface area contributed by atoms with Gasteiger partial charge in [0.2, 0.25) is 0 Å². The Morgan fingerprint density at radius 1 is 0.306 bits per heavy atom. The lowest BCUT2D eigenvalue weighted by Crippen LogP contribution is -2.69. The zero-order valence-corrected chi connectivity index (χ0v) is 46.9. The third-order valence-corrected chi connectivity index (χ3v) is 12.8. The van der Waals surface area contributed by atoms with Crippen LogP contribution in [0.3, 0.4) is 0 Å². The maximum atomic E-state index is 14.5. The number of hydrogen-bond donors (Lipinski definition) is 0. The smallest absolute Gasteiger partial charge is 0.338 e. The number of benzene rings is 4. The predicted octanol–water partition coefficient (Wildman–Crippen LogP) is 3.96. The maximum Gasteiger partial charge on any atom is 0.338 e. The first-order valence-corrected chi connectivity index (χ1v) is 26.5. The standard InChI is InChI=1S/C59H62O26/c1-31(60)71-28-41-44(74-33(3)62)48(50(76-35(5)64)57(70-7)78-41)84-58-51(77-36(6)65)49(45(75-34(4)63)42(79-58)29-72-32(2)61)85-59-52(83-56(69)40-26-18-11-19-27-40)47(82-55(68)39-24-16-10-17-25-39)46(81-54(67)38-22-14-9-15-23-38)43(80-59)30-73-53(66)37-20-12-8-13-21-37/h8-27,41-52,57-59H,28-30H2,1-7H3/t41-,42-,43-,44-,45-,46-,47+,48+,49+,50-,51-,52-,57-,58+,59+/m1/s1. The third kappa shape index (κ3) is 17.5. The highest BCUT2D eigenvalue weighted by atomic mass is 16.8. The van der Waals surface area contributed by atoms with Gasteiger partial charge in [0.15, 0.2) is 61.6 Å². The van der Waals surface area contributed by atoms with Gasteiger partial charge in [-0.15, -0.1) is 0 Å². The van der Waals surface area contributed by atoms with Crippen molar-refractivity contribution in [1.82, 2.24) is 0 Å². The first-order chi connectivity index (χ1) is 40.7. The van der Waals surface area contributed by atoms with Gasteiger partial charge in [0.1, 0.15) is 50.3 Å². The van der Waals surface area contributed by atoms with Crippen molar-refractivity contribution in [2.45, 2.75) is 134 Å². The molecule has 0 amide bonds. The van der Waals surface area contributed by atoms with Crippen LogP contribution in [0.5, 0.6) is 0 Å². The molecule has 4 aromatic carbocycles. The van der Waals surface area contributed by atoms with Crippen LogP contribution in [0, 0.1) is 0 Å².